The second kappa shape index (κ2) is 10.9. The molecule has 0 heterocycles. The van der Waals surface area contributed by atoms with Crippen molar-refractivity contribution in [3.05, 3.63) is 29.8 Å². The first-order valence-corrected chi connectivity index (χ1v) is 7.95. The maximum Gasteiger partial charge on any atom is 0.191 e. The summed E-state index contributed by atoms with van der Waals surface area (Å²) in [6.07, 6.45) is 1.06. The third-order valence-electron chi connectivity index (χ3n) is 3.30. The fourth-order valence-corrected chi connectivity index (χ4v) is 1.88. The van der Waals surface area contributed by atoms with Gasteiger partial charge in [-0.2, -0.15) is 0 Å². The standard InChI is InChI=1S/C17H29N3O2/c1-5-14(3)20-17(18-6-2)19-11-12-22-13-15-9-7-8-10-16(15)21-4/h7-10,14H,5-6,11-13H2,1-4H3,(H2,18,19,20). The molecule has 0 bridgehead atoms. The SMILES string of the molecule is CCNC(=NCCOCc1ccccc1OC)NC(C)CC. The molecule has 1 rings (SSSR count). The molecule has 0 spiro atoms. The zero-order valence-corrected chi connectivity index (χ0v) is 14.2. The van der Waals surface area contributed by atoms with Crippen molar-refractivity contribution in [2.75, 3.05) is 26.8 Å². The van der Waals surface area contributed by atoms with E-state index in [4.69, 9.17) is 9.47 Å². The van der Waals surface area contributed by atoms with Crippen LogP contribution in [0.3, 0.4) is 0 Å². The summed E-state index contributed by atoms with van der Waals surface area (Å²) >= 11 is 0. The Morgan fingerprint density at radius 3 is 2.73 bits per heavy atom. The van der Waals surface area contributed by atoms with E-state index in [0.29, 0.717) is 25.8 Å². The summed E-state index contributed by atoms with van der Waals surface area (Å²) in [5.74, 6) is 1.70. The van der Waals surface area contributed by atoms with Crippen molar-refractivity contribution in [1.29, 1.82) is 0 Å². The lowest BCUT2D eigenvalue weighted by Gasteiger charge is -2.16. The number of hydrogen-bond acceptors (Lipinski definition) is 3. The number of rotatable bonds is 9. The van der Waals surface area contributed by atoms with Crippen molar-refractivity contribution in [1.82, 2.24) is 10.6 Å². The molecule has 1 unspecified atom stereocenters. The molecule has 1 atom stereocenters. The molecule has 0 saturated heterocycles. The first-order chi connectivity index (χ1) is 10.7. The van der Waals surface area contributed by atoms with E-state index in [0.717, 1.165) is 30.2 Å². The minimum atomic E-state index is 0.410. The van der Waals surface area contributed by atoms with E-state index in [9.17, 15) is 0 Å². The number of ether oxygens (including phenoxy) is 2. The average molecular weight is 307 g/mol. The number of aliphatic imine (C=N–C) groups is 1. The number of hydrogen-bond donors (Lipinski definition) is 2. The zero-order chi connectivity index (χ0) is 16.2. The molecule has 0 radical (unpaired) electrons. The molecular formula is C17H29N3O2. The third-order valence-corrected chi connectivity index (χ3v) is 3.30. The summed E-state index contributed by atoms with van der Waals surface area (Å²) in [7, 11) is 1.67. The second-order valence-electron chi connectivity index (χ2n) is 5.08. The van der Waals surface area contributed by atoms with Gasteiger partial charge in [0.25, 0.3) is 0 Å². The van der Waals surface area contributed by atoms with E-state index in [-0.39, 0.29) is 0 Å². The molecule has 2 N–H and O–H groups in total. The quantitative estimate of drug-likeness (QED) is 0.418. The predicted octanol–water partition coefficient (Wildman–Crippen LogP) is 2.57. The first kappa shape index (κ1) is 18.3. The average Bonchev–Trinajstić information content (AvgIpc) is 2.54. The summed E-state index contributed by atoms with van der Waals surface area (Å²) in [6, 6.07) is 8.30. The molecule has 0 aliphatic heterocycles. The third kappa shape index (κ3) is 6.80. The Morgan fingerprint density at radius 1 is 1.27 bits per heavy atom. The number of para-hydroxylation sites is 1. The van der Waals surface area contributed by atoms with Gasteiger partial charge in [-0.3, -0.25) is 4.99 Å². The van der Waals surface area contributed by atoms with Crippen LogP contribution >= 0.6 is 0 Å². The Hall–Kier alpha value is -1.75. The largest absolute Gasteiger partial charge is 0.496 e. The maximum absolute atomic E-state index is 5.68. The molecule has 1 aromatic carbocycles. The molecule has 5 heteroatoms. The van der Waals surface area contributed by atoms with Crippen LogP contribution in [0.25, 0.3) is 0 Å². The maximum atomic E-state index is 5.68. The fourth-order valence-electron chi connectivity index (χ4n) is 1.88. The molecule has 0 fully saturated rings. The van der Waals surface area contributed by atoms with Gasteiger partial charge in [-0.05, 0) is 26.3 Å². The van der Waals surface area contributed by atoms with Gasteiger partial charge in [0.15, 0.2) is 5.96 Å². The highest BCUT2D eigenvalue weighted by molar-refractivity contribution is 5.80. The number of benzene rings is 1. The Kier molecular flexibility index (Phi) is 9.07. The van der Waals surface area contributed by atoms with Gasteiger partial charge < -0.3 is 20.1 Å². The van der Waals surface area contributed by atoms with Gasteiger partial charge in [-0.25, -0.2) is 0 Å². The van der Waals surface area contributed by atoms with Crippen LogP contribution in [0, 0.1) is 0 Å². The van der Waals surface area contributed by atoms with Gasteiger partial charge in [0, 0.05) is 18.2 Å². The lowest BCUT2D eigenvalue weighted by Crippen LogP contribution is -2.42. The molecule has 22 heavy (non-hydrogen) atoms. The molecule has 0 saturated carbocycles. The Bertz CT molecular complexity index is 449. The Morgan fingerprint density at radius 2 is 2.05 bits per heavy atom. The summed E-state index contributed by atoms with van der Waals surface area (Å²) in [4.78, 5) is 4.51. The second-order valence-corrected chi connectivity index (χ2v) is 5.08. The molecule has 0 aliphatic carbocycles. The van der Waals surface area contributed by atoms with Crippen LogP contribution in [0.2, 0.25) is 0 Å². The van der Waals surface area contributed by atoms with E-state index in [1.54, 1.807) is 7.11 Å². The van der Waals surface area contributed by atoms with Crippen molar-refractivity contribution < 1.29 is 9.47 Å². The normalized spacial score (nSPS) is 12.8. The molecule has 0 aliphatic rings. The van der Waals surface area contributed by atoms with E-state index in [1.807, 2.05) is 24.3 Å². The number of nitrogens with zero attached hydrogens (tertiary/aromatic N) is 1. The monoisotopic (exact) mass is 307 g/mol. The van der Waals surface area contributed by atoms with Crippen LogP contribution in [-0.2, 0) is 11.3 Å². The molecule has 1 aromatic rings. The predicted molar refractivity (Wildman–Crippen MR) is 91.5 cm³/mol. The summed E-state index contributed by atoms with van der Waals surface area (Å²) in [5, 5.41) is 6.60. The lowest BCUT2D eigenvalue weighted by atomic mass is 10.2. The molecule has 5 nitrogen and oxygen atoms in total. The highest BCUT2D eigenvalue weighted by Gasteiger charge is 2.03. The highest BCUT2D eigenvalue weighted by Crippen LogP contribution is 2.17. The Balaban J connectivity index is 2.36. The molecule has 124 valence electrons. The number of guanidine groups is 1. The van der Waals surface area contributed by atoms with Crippen LogP contribution in [0.4, 0.5) is 0 Å². The summed E-state index contributed by atoms with van der Waals surface area (Å²) in [6.45, 7) is 8.95. The highest BCUT2D eigenvalue weighted by atomic mass is 16.5. The van der Waals surface area contributed by atoms with Gasteiger partial charge >= 0.3 is 0 Å². The zero-order valence-electron chi connectivity index (χ0n) is 14.2. The minimum Gasteiger partial charge on any atom is -0.496 e. The minimum absolute atomic E-state index is 0.410. The first-order valence-electron chi connectivity index (χ1n) is 7.95. The summed E-state index contributed by atoms with van der Waals surface area (Å²) in [5.41, 5.74) is 1.05. The van der Waals surface area contributed by atoms with Crippen molar-refractivity contribution in [3.8, 4) is 5.75 Å². The van der Waals surface area contributed by atoms with E-state index in [2.05, 4.69) is 36.4 Å². The van der Waals surface area contributed by atoms with Crippen molar-refractivity contribution >= 4 is 5.96 Å². The van der Waals surface area contributed by atoms with Gasteiger partial charge in [0.05, 0.1) is 26.9 Å². The Labute approximate surface area is 134 Å². The van der Waals surface area contributed by atoms with Crippen LogP contribution in [0.1, 0.15) is 32.8 Å². The van der Waals surface area contributed by atoms with Gasteiger partial charge in [0.1, 0.15) is 5.75 Å². The van der Waals surface area contributed by atoms with Crippen LogP contribution in [0.5, 0.6) is 5.75 Å². The molecular weight excluding hydrogens is 278 g/mol. The van der Waals surface area contributed by atoms with Gasteiger partial charge in [0.2, 0.25) is 0 Å². The van der Waals surface area contributed by atoms with Crippen LogP contribution in [0.15, 0.2) is 29.3 Å². The van der Waals surface area contributed by atoms with Crippen LogP contribution < -0.4 is 15.4 Å². The van der Waals surface area contributed by atoms with Crippen molar-refractivity contribution in [2.24, 2.45) is 4.99 Å². The van der Waals surface area contributed by atoms with Gasteiger partial charge in [-0.15, -0.1) is 0 Å². The smallest absolute Gasteiger partial charge is 0.191 e. The molecule has 0 amide bonds. The van der Waals surface area contributed by atoms with Crippen molar-refractivity contribution in [3.63, 3.8) is 0 Å². The molecule has 0 aromatic heterocycles. The van der Waals surface area contributed by atoms with Gasteiger partial charge in [-0.1, -0.05) is 25.1 Å². The lowest BCUT2D eigenvalue weighted by molar-refractivity contribution is 0.126. The fraction of sp³-hybridized carbons (Fsp3) is 0.588. The van der Waals surface area contributed by atoms with E-state index >= 15 is 0 Å². The van der Waals surface area contributed by atoms with E-state index < -0.39 is 0 Å². The van der Waals surface area contributed by atoms with E-state index in [1.165, 1.54) is 0 Å². The number of methoxy groups -OCH3 is 1. The number of nitrogens with one attached hydrogen (secondary N) is 2. The van der Waals surface area contributed by atoms with Crippen molar-refractivity contribution in [2.45, 2.75) is 39.8 Å². The van der Waals surface area contributed by atoms with Crippen LogP contribution in [-0.4, -0.2) is 38.8 Å². The topological polar surface area (TPSA) is 54.9 Å². The summed E-state index contributed by atoms with van der Waals surface area (Å²) < 4.78 is 11.0.